The molecule has 2 aliphatic rings. The van der Waals surface area contributed by atoms with Gasteiger partial charge in [0.05, 0.1) is 26.4 Å². The van der Waals surface area contributed by atoms with E-state index in [4.69, 9.17) is 18.3 Å². The minimum Gasteiger partial charge on any atom is -0.497 e. The van der Waals surface area contributed by atoms with Gasteiger partial charge in [0.25, 0.3) is 0 Å². The molecule has 0 amide bonds. The summed E-state index contributed by atoms with van der Waals surface area (Å²) in [5, 5.41) is 0. The highest BCUT2D eigenvalue weighted by molar-refractivity contribution is 6.77. The van der Waals surface area contributed by atoms with Crippen LogP contribution in [0.4, 0.5) is 0 Å². The Kier molecular flexibility index (Phi) is 13.6. The number of hydrogen-bond acceptors (Lipinski definition) is 5. The predicted molar refractivity (Wildman–Crippen MR) is 201 cm³/mol. The minimum absolute atomic E-state index is 0.154. The van der Waals surface area contributed by atoms with Gasteiger partial charge in [0.1, 0.15) is 11.4 Å². The van der Waals surface area contributed by atoms with Gasteiger partial charge in [-0.25, -0.2) is 0 Å². The number of carbonyl (C=O) groups is 1. The first-order valence-corrected chi connectivity index (χ1v) is 23.4. The van der Waals surface area contributed by atoms with Crippen molar-refractivity contribution in [3.63, 3.8) is 0 Å². The van der Waals surface area contributed by atoms with E-state index >= 15 is 0 Å². The Hall–Kier alpha value is -1.96. The van der Waals surface area contributed by atoms with Crippen LogP contribution in [0.5, 0.6) is 5.75 Å². The Bertz CT molecular complexity index is 1300. The molecule has 7 heteroatoms. The minimum atomic E-state index is -2.21. The van der Waals surface area contributed by atoms with E-state index in [-0.39, 0.29) is 23.7 Å². The first-order chi connectivity index (χ1) is 21.8. The summed E-state index contributed by atoms with van der Waals surface area (Å²) < 4.78 is 26.2. The second kappa shape index (κ2) is 16.2. The van der Waals surface area contributed by atoms with Crippen molar-refractivity contribution in [3.05, 3.63) is 53.1 Å². The summed E-state index contributed by atoms with van der Waals surface area (Å²) in [5.74, 6) is 8.34. The van der Waals surface area contributed by atoms with E-state index in [2.05, 4.69) is 106 Å². The van der Waals surface area contributed by atoms with Crippen molar-refractivity contribution >= 4 is 22.4 Å². The molecule has 5 nitrogen and oxygen atoms in total. The molecular formula is C40H64O5Si2. The Morgan fingerprint density at radius 1 is 0.936 bits per heavy atom. The first kappa shape index (κ1) is 39.5. The van der Waals surface area contributed by atoms with Crippen LogP contribution in [0.2, 0.25) is 36.3 Å². The summed E-state index contributed by atoms with van der Waals surface area (Å²) in [6, 6.07) is 8.00. The summed E-state index contributed by atoms with van der Waals surface area (Å²) in [5.41, 5.74) is 3.44. The molecule has 0 N–H and O–H groups in total. The van der Waals surface area contributed by atoms with Gasteiger partial charge in [-0.2, -0.15) is 0 Å². The number of Topliss-reactive ketones (excluding diaryl/α,β-unsaturated/α-hetero) is 1. The number of ether oxygens (including phenoxy) is 2. The second-order valence-corrected chi connectivity index (χ2v) is 26.2. The average molecular weight is 681 g/mol. The van der Waals surface area contributed by atoms with Gasteiger partial charge in [-0.1, -0.05) is 91.2 Å². The SMILES string of the molecule is COc1ccc(CO[C@H]2C[C@H]3C(C)=CC[C@H](C(C)C)[C@H]3/C=C(/CO[Si](C(C)C)(C(C)C)C(C)C)C(=O)C#C[C@]2(C)O[Si](C)(C)C)cc1. The summed E-state index contributed by atoms with van der Waals surface area (Å²) in [6.45, 7) is 29.9. The van der Waals surface area contributed by atoms with Gasteiger partial charge in [0, 0.05) is 5.57 Å². The van der Waals surface area contributed by atoms with E-state index in [9.17, 15) is 4.79 Å². The quantitative estimate of drug-likeness (QED) is 0.0898. The van der Waals surface area contributed by atoms with Gasteiger partial charge in [-0.05, 0) is 110 Å². The molecule has 0 aromatic heterocycles. The molecule has 0 aliphatic heterocycles. The molecule has 2 aliphatic carbocycles. The zero-order valence-corrected chi connectivity index (χ0v) is 34.0. The number of benzene rings is 1. The lowest BCUT2D eigenvalue weighted by Crippen LogP contribution is -2.51. The highest BCUT2D eigenvalue weighted by atomic mass is 28.4. The molecule has 0 saturated heterocycles. The largest absolute Gasteiger partial charge is 0.497 e. The molecule has 47 heavy (non-hydrogen) atoms. The van der Waals surface area contributed by atoms with Crippen LogP contribution in [0.25, 0.3) is 0 Å². The van der Waals surface area contributed by atoms with Crippen LogP contribution >= 0.6 is 0 Å². The first-order valence-electron chi connectivity index (χ1n) is 17.9. The third-order valence-electron chi connectivity index (χ3n) is 10.6. The predicted octanol–water partition coefficient (Wildman–Crippen LogP) is 10.1. The Balaban J connectivity index is 2.16. The number of ketones is 1. The fraction of sp³-hybridized carbons (Fsp3) is 0.675. The highest BCUT2D eigenvalue weighted by Crippen LogP contribution is 2.46. The van der Waals surface area contributed by atoms with Crippen LogP contribution < -0.4 is 4.74 Å². The molecule has 0 spiro atoms. The van der Waals surface area contributed by atoms with E-state index in [0.717, 1.165) is 24.2 Å². The molecule has 0 heterocycles. The van der Waals surface area contributed by atoms with Gasteiger partial charge in [0.2, 0.25) is 14.1 Å². The topological polar surface area (TPSA) is 54.0 Å². The number of hydrogen-bond donors (Lipinski definition) is 0. The van der Waals surface area contributed by atoms with Gasteiger partial charge >= 0.3 is 0 Å². The fourth-order valence-electron chi connectivity index (χ4n) is 8.33. The Morgan fingerprint density at radius 3 is 2.04 bits per heavy atom. The number of rotatable bonds is 13. The van der Waals surface area contributed by atoms with Crippen LogP contribution in [-0.2, 0) is 25.0 Å². The van der Waals surface area contributed by atoms with Gasteiger partial charge < -0.3 is 18.3 Å². The van der Waals surface area contributed by atoms with Gasteiger partial charge in [0.15, 0.2) is 8.32 Å². The maximum atomic E-state index is 14.3. The maximum absolute atomic E-state index is 14.3. The number of carbonyl (C=O) groups excluding carboxylic acids is 1. The van der Waals surface area contributed by atoms with Crippen LogP contribution in [0.15, 0.2) is 47.6 Å². The normalized spacial score (nSPS) is 26.9. The molecule has 0 bridgehead atoms. The van der Waals surface area contributed by atoms with Crippen LogP contribution in [0.3, 0.4) is 0 Å². The van der Waals surface area contributed by atoms with Gasteiger partial charge in [-0.15, -0.1) is 0 Å². The third-order valence-corrected chi connectivity index (χ3v) is 17.7. The molecule has 262 valence electrons. The Labute approximate surface area is 289 Å². The second-order valence-electron chi connectivity index (χ2n) is 16.4. The van der Waals surface area contributed by atoms with Crippen LogP contribution in [-0.4, -0.2) is 47.8 Å². The number of allylic oxidation sites excluding steroid dienone is 3. The van der Waals surface area contributed by atoms with Crippen molar-refractivity contribution in [1.82, 2.24) is 0 Å². The van der Waals surface area contributed by atoms with Gasteiger partial charge in [-0.3, -0.25) is 4.79 Å². The van der Waals surface area contributed by atoms with Crippen molar-refractivity contribution in [1.29, 1.82) is 0 Å². The standard InChI is InChI=1S/C40H64O5Si2/c1-27(2)35-20-15-31(9)36-24-39(43-25-32-16-18-34(42-11)19-17-32)40(10,45-46(12,13)14)22-21-38(41)33(23-37(35)36)26-44-47(28(3)4,29(5)6)30(7)8/h15-19,23,27-30,35-37,39H,20,24-26H2,1-14H3/b33-23-/t35-,36+,37-,39+,40+/m1/s1. The van der Waals surface area contributed by atoms with E-state index in [1.54, 1.807) is 7.11 Å². The number of methoxy groups -OCH3 is 1. The molecule has 3 rings (SSSR count). The molecule has 0 radical (unpaired) electrons. The molecule has 0 fully saturated rings. The van der Waals surface area contributed by atoms with Crippen molar-refractivity contribution in [2.45, 2.75) is 137 Å². The monoisotopic (exact) mass is 680 g/mol. The van der Waals surface area contributed by atoms with E-state index in [1.807, 2.05) is 31.2 Å². The van der Waals surface area contributed by atoms with Crippen molar-refractivity contribution in [3.8, 4) is 17.6 Å². The Morgan fingerprint density at radius 2 is 1.53 bits per heavy atom. The van der Waals surface area contributed by atoms with Crippen LogP contribution in [0, 0.1) is 35.5 Å². The molecule has 1 aromatic rings. The van der Waals surface area contributed by atoms with Crippen LogP contribution in [0.1, 0.15) is 87.6 Å². The summed E-state index contributed by atoms with van der Waals surface area (Å²) in [7, 11) is -2.65. The molecule has 1 aromatic carbocycles. The zero-order chi connectivity index (χ0) is 35.3. The van der Waals surface area contributed by atoms with Crippen molar-refractivity contribution < 1.29 is 23.1 Å². The fourth-order valence-corrected chi connectivity index (χ4v) is 15.2. The summed E-state index contributed by atoms with van der Waals surface area (Å²) in [6.07, 6.45) is 6.10. The molecule has 0 unspecified atom stereocenters. The average Bonchev–Trinajstić information content (AvgIpc) is 2.97. The van der Waals surface area contributed by atoms with Crippen molar-refractivity contribution in [2.75, 3.05) is 13.7 Å². The van der Waals surface area contributed by atoms with E-state index in [1.165, 1.54) is 5.57 Å². The summed E-state index contributed by atoms with van der Waals surface area (Å²) >= 11 is 0. The van der Waals surface area contributed by atoms with E-state index < -0.39 is 22.2 Å². The zero-order valence-electron chi connectivity index (χ0n) is 32.0. The third kappa shape index (κ3) is 9.60. The van der Waals surface area contributed by atoms with E-state index in [0.29, 0.717) is 47.2 Å². The lowest BCUT2D eigenvalue weighted by atomic mass is 9.65. The lowest BCUT2D eigenvalue weighted by molar-refractivity contribution is -0.111. The molecule has 5 atom stereocenters. The summed E-state index contributed by atoms with van der Waals surface area (Å²) in [4.78, 5) is 14.3. The smallest absolute Gasteiger partial charge is 0.233 e. The molecular weight excluding hydrogens is 617 g/mol. The lowest BCUT2D eigenvalue weighted by Gasteiger charge is -2.44. The molecule has 0 saturated carbocycles. The number of fused-ring (bicyclic) bond motifs is 1. The maximum Gasteiger partial charge on any atom is 0.233 e. The highest BCUT2D eigenvalue weighted by Gasteiger charge is 2.47. The van der Waals surface area contributed by atoms with Crippen molar-refractivity contribution in [2.24, 2.45) is 23.7 Å².